The van der Waals surface area contributed by atoms with Crippen molar-refractivity contribution in [2.24, 2.45) is 5.92 Å². The molecule has 1 aliphatic rings. The number of benzene rings is 1. The minimum absolute atomic E-state index is 0.244. The molecule has 1 unspecified atom stereocenters. The lowest BCUT2D eigenvalue weighted by Gasteiger charge is -2.15. The van der Waals surface area contributed by atoms with Gasteiger partial charge >= 0.3 is 0 Å². The quantitative estimate of drug-likeness (QED) is 0.710. The molecule has 21 heavy (non-hydrogen) atoms. The van der Waals surface area contributed by atoms with Gasteiger partial charge in [-0.3, -0.25) is 0 Å². The Hall–Kier alpha value is -0.480. The molecule has 0 aliphatic heterocycles. The summed E-state index contributed by atoms with van der Waals surface area (Å²) in [7, 11) is 0. The first-order valence-electron chi connectivity index (χ1n) is 7.62. The lowest BCUT2D eigenvalue weighted by atomic mass is 10.0. The Morgan fingerprint density at radius 1 is 1.24 bits per heavy atom. The number of aliphatic hydroxyl groups is 1. The Kier molecular flexibility index (Phi) is 7.11. The predicted molar refractivity (Wildman–Crippen MR) is 87.4 cm³/mol. The smallest absolute Gasteiger partial charge is 0.121 e. The lowest BCUT2D eigenvalue weighted by molar-refractivity contribution is 0.106. The summed E-state index contributed by atoms with van der Waals surface area (Å²) in [4.78, 5) is 0. The average molecular weight is 332 g/mol. The fourth-order valence-electron chi connectivity index (χ4n) is 2.69. The van der Waals surface area contributed by atoms with Gasteiger partial charge in [0.15, 0.2) is 0 Å². The topological polar surface area (TPSA) is 41.5 Å². The first kappa shape index (κ1) is 16.9. The van der Waals surface area contributed by atoms with E-state index in [4.69, 9.17) is 27.9 Å². The molecule has 0 amide bonds. The highest BCUT2D eigenvalue weighted by Gasteiger charge is 2.14. The molecule has 1 aromatic rings. The molecular weight excluding hydrogens is 309 g/mol. The predicted octanol–water partition coefficient (Wildman–Crippen LogP) is 3.90. The van der Waals surface area contributed by atoms with E-state index < -0.39 is 6.10 Å². The summed E-state index contributed by atoms with van der Waals surface area (Å²) in [6.45, 7) is 1.76. The number of hydrogen-bond donors (Lipinski definition) is 2. The Labute approximate surface area is 136 Å². The highest BCUT2D eigenvalue weighted by Crippen LogP contribution is 2.27. The van der Waals surface area contributed by atoms with Crippen molar-refractivity contribution in [3.63, 3.8) is 0 Å². The van der Waals surface area contributed by atoms with Crippen molar-refractivity contribution >= 4 is 23.2 Å². The number of halogens is 2. The summed E-state index contributed by atoms with van der Waals surface area (Å²) >= 11 is 11.7. The van der Waals surface area contributed by atoms with Gasteiger partial charge < -0.3 is 15.2 Å². The van der Waals surface area contributed by atoms with Crippen LogP contribution >= 0.6 is 23.2 Å². The molecule has 1 aliphatic carbocycles. The Bertz CT molecular complexity index is 436. The molecule has 1 atom stereocenters. The van der Waals surface area contributed by atoms with Crippen LogP contribution in [0.15, 0.2) is 18.2 Å². The first-order chi connectivity index (χ1) is 10.1. The highest BCUT2D eigenvalue weighted by atomic mass is 35.5. The van der Waals surface area contributed by atoms with Crippen LogP contribution in [0.5, 0.6) is 5.75 Å². The largest absolute Gasteiger partial charge is 0.491 e. The first-order valence-corrected chi connectivity index (χ1v) is 8.37. The Morgan fingerprint density at radius 2 is 2.00 bits per heavy atom. The van der Waals surface area contributed by atoms with Crippen molar-refractivity contribution in [2.45, 2.75) is 38.2 Å². The Morgan fingerprint density at radius 3 is 2.71 bits per heavy atom. The molecule has 1 aromatic carbocycles. The molecule has 1 fully saturated rings. The number of aliphatic hydroxyl groups excluding tert-OH is 1. The molecule has 0 saturated heterocycles. The summed E-state index contributed by atoms with van der Waals surface area (Å²) in [5.41, 5.74) is 0. The molecule has 0 aromatic heterocycles. The SMILES string of the molecule is OC(CNCCC1CCCC1)COc1ccc(Cl)c(Cl)c1. The van der Waals surface area contributed by atoms with Crippen LogP contribution in [0.4, 0.5) is 0 Å². The van der Waals surface area contributed by atoms with Crippen LogP contribution in [-0.2, 0) is 0 Å². The monoisotopic (exact) mass is 331 g/mol. The van der Waals surface area contributed by atoms with Crippen LogP contribution in [0.1, 0.15) is 32.1 Å². The van der Waals surface area contributed by atoms with Crippen molar-refractivity contribution in [1.82, 2.24) is 5.32 Å². The summed E-state index contributed by atoms with van der Waals surface area (Å²) in [6.07, 6.45) is 6.17. The second kappa shape index (κ2) is 8.84. The van der Waals surface area contributed by atoms with E-state index in [1.807, 2.05) is 0 Å². The van der Waals surface area contributed by atoms with Gasteiger partial charge in [-0.05, 0) is 31.0 Å². The second-order valence-corrected chi connectivity index (χ2v) is 6.50. The van der Waals surface area contributed by atoms with Crippen LogP contribution < -0.4 is 10.1 Å². The van der Waals surface area contributed by atoms with Crippen LogP contribution in [0.2, 0.25) is 10.0 Å². The standard InChI is InChI=1S/C16H23Cl2NO2/c17-15-6-5-14(9-16(15)18)21-11-13(20)10-19-8-7-12-3-1-2-4-12/h5-6,9,12-13,19-20H,1-4,7-8,10-11H2. The molecule has 5 heteroatoms. The average Bonchev–Trinajstić information content (AvgIpc) is 2.98. The summed E-state index contributed by atoms with van der Waals surface area (Å²) in [5.74, 6) is 1.50. The maximum absolute atomic E-state index is 9.88. The minimum atomic E-state index is -0.525. The molecule has 0 bridgehead atoms. The van der Waals surface area contributed by atoms with Crippen molar-refractivity contribution < 1.29 is 9.84 Å². The fraction of sp³-hybridized carbons (Fsp3) is 0.625. The zero-order chi connectivity index (χ0) is 15.1. The van der Waals surface area contributed by atoms with E-state index in [0.29, 0.717) is 22.3 Å². The van der Waals surface area contributed by atoms with Gasteiger partial charge in [0.1, 0.15) is 18.5 Å². The molecule has 2 N–H and O–H groups in total. The number of hydrogen-bond acceptors (Lipinski definition) is 3. The van der Waals surface area contributed by atoms with Gasteiger partial charge in [-0.15, -0.1) is 0 Å². The van der Waals surface area contributed by atoms with Gasteiger partial charge in [-0.2, -0.15) is 0 Å². The van der Waals surface area contributed by atoms with Gasteiger partial charge in [0.05, 0.1) is 10.0 Å². The van der Waals surface area contributed by atoms with Gasteiger partial charge in [-0.1, -0.05) is 48.9 Å². The van der Waals surface area contributed by atoms with Crippen LogP contribution in [0, 0.1) is 5.92 Å². The lowest BCUT2D eigenvalue weighted by Crippen LogP contribution is -2.32. The van der Waals surface area contributed by atoms with Crippen molar-refractivity contribution in [3.05, 3.63) is 28.2 Å². The van der Waals surface area contributed by atoms with E-state index in [2.05, 4.69) is 5.32 Å². The molecular formula is C16H23Cl2NO2. The number of rotatable bonds is 8. The van der Waals surface area contributed by atoms with E-state index in [-0.39, 0.29) is 6.61 Å². The summed E-state index contributed by atoms with van der Waals surface area (Å²) in [6, 6.07) is 5.09. The van der Waals surface area contributed by atoms with E-state index in [1.54, 1.807) is 18.2 Å². The van der Waals surface area contributed by atoms with Crippen LogP contribution in [0.25, 0.3) is 0 Å². The third-order valence-electron chi connectivity index (χ3n) is 3.92. The van der Waals surface area contributed by atoms with E-state index >= 15 is 0 Å². The van der Waals surface area contributed by atoms with Crippen LogP contribution in [-0.4, -0.2) is 30.9 Å². The zero-order valence-corrected chi connectivity index (χ0v) is 13.7. The Balaban J connectivity index is 1.58. The maximum Gasteiger partial charge on any atom is 0.121 e. The zero-order valence-electron chi connectivity index (χ0n) is 12.2. The second-order valence-electron chi connectivity index (χ2n) is 5.68. The molecule has 1 saturated carbocycles. The van der Waals surface area contributed by atoms with Crippen molar-refractivity contribution in [1.29, 1.82) is 0 Å². The van der Waals surface area contributed by atoms with E-state index in [0.717, 1.165) is 12.5 Å². The third-order valence-corrected chi connectivity index (χ3v) is 4.66. The van der Waals surface area contributed by atoms with Gasteiger partial charge in [0.2, 0.25) is 0 Å². The van der Waals surface area contributed by atoms with E-state index in [9.17, 15) is 5.11 Å². The molecule has 0 radical (unpaired) electrons. The van der Waals surface area contributed by atoms with Gasteiger partial charge in [0, 0.05) is 12.6 Å². The minimum Gasteiger partial charge on any atom is -0.491 e. The molecule has 0 spiro atoms. The van der Waals surface area contributed by atoms with Crippen molar-refractivity contribution in [3.8, 4) is 5.75 Å². The fourth-order valence-corrected chi connectivity index (χ4v) is 2.98. The molecule has 2 rings (SSSR count). The van der Waals surface area contributed by atoms with Gasteiger partial charge in [0.25, 0.3) is 0 Å². The van der Waals surface area contributed by atoms with E-state index in [1.165, 1.54) is 32.1 Å². The number of ether oxygens (including phenoxy) is 1. The normalized spacial score (nSPS) is 17.1. The third kappa shape index (κ3) is 6.03. The summed E-state index contributed by atoms with van der Waals surface area (Å²) in [5, 5.41) is 14.1. The summed E-state index contributed by atoms with van der Waals surface area (Å²) < 4.78 is 5.50. The van der Waals surface area contributed by atoms with Gasteiger partial charge in [-0.25, -0.2) is 0 Å². The molecule has 118 valence electrons. The highest BCUT2D eigenvalue weighted by molar-refractivity contribution is 6.42. The molecule has 0 heterocycles. The number of nitrogens with one attached hydrogen (secondary N) is 1. The van der Waals surface area contributed by atoms with Crippen molar-refractivity contribution in [2.75, 3.05) is 19.7 Å². The molecule has 3 nitrogen and oxygen atoms in total. The maximum atomic E-state index is 9.88. The van der Waals surface area contributed by atoms with Crippen LogP contribution in [0.3, 0.4) is 0 Å².